The molecular formula is C5H7F2N3S. The third-order valence-electron chi connectivity index (χ3n) is 1.02. The van der Waals surface area contributed by atoms with E-state index >= 15 is 0 Å². The number of nitrogens with two attached hydrogens (primary N) is 1. The van der Waals surface area contributed by atoms with Crippen molar-refractivity contribution in [1.82, 2.24) is 10.2 Å². The summed E-state index contributed by atoms with van der Waals surface area (Å²) in [6.45, 7) is 0.946. The summed E-state index contributed by atoms with van der Waals surface area (Å²) in [7, 11) is 0. The van der Waals surface area contributed by atoms with E-state index in [0.717, 1.165) is 18.3 Å². The first-order chi connectivity index (χ1) is 5.04. The van der Waals surface area contributed by atoms with Crippen LogP contribution in [0.15, 0.2) is 0 Å². The highest BCUT2D eigenvalue weighted by Gasteiger charge is 2.29. The van der Waals surface area contributed by atoms with Crippen molar-refractivity contribution in [3.8, 4) is 0 Å². The number of alkyl halides is 2. The number of aromatic nitrogens is 2. The van der Waals surface area contributed by atoms with Gasteiger partial charge in [0, 0.05) is 13.5 Å². The van der Waals surface area contributed by atoms with Crippen molar-refractivity contribution in [3.63, 3.8) is 0 Å². The summed E-state index contributed by atoms with van der Waals surface area (Å²) in [5.74, 6) is -2.90. The lowest BCUT2D eigenvalue weighted by Gasteiger charge is -2.02. The predicted molar refractivity (Wildman–Crippen MR) is 37.4 cm³/mol. The lowest BCUT2D eigenvalue weighted by atomic mass is 10.4. The van der Waals surface area contributed by atoms with Gasteiger partial charge in [-0.05, 0) is 0 Å². The maximum atomic E-state index is 12.5. The molecule has 11 heavy (non-hydrogen) atoms. The molecule has 0 fully saturated rings. The minimum atomic E-state index is -2.90. The third-order valence-corrected chi connectivity index (χ3v) is 2.13. The molecule has 0 atom stereocenters. The largest absolute Gasteiger partial charge is 0.324 e. The molecule has 0 aliphatic rings. The summed E-state index contributed by atoms with van der Waals surface area (Å²) in [4.78, 5) is 0. The van der Waals surface area contributed by atoms with Gasteiger partial charge in [0.05, 0.1) is 0 Å². The van der Waals surface area contributed by atoms with E-state index in [9.17, 15) is 8.78 Å². The minimum Gasteiger partial charge on any atom is -0.324 e. The van der Waals surface area contributed by atoms with Crippen molar-refractivity contribution in [2.75, 3.05) is 0 Å². The van der Waals surface area contributed by atoms with Gasteiger partial charge in [0.1, 0.15) is 5.01 Å². The normalized spacial score (nSPS) is 12.0. The van der Waals surface area contributed by atoms with Gasteiger partial charge >= 0.3 is 0 Å². The van der Waals surface area contributed by atoms with Crippen molar-refractivity contribution in [1.29, 1.82) is 0 Å². The summed E-state index contributed by atoms with van der Waals surface area (Å²) in [5, 5.41) is 6.91. The molecule has 62 valence electrons. The van der Waals surface area contributed by atoms with Crippen LogP contribution in [-0.4, -0.2) is 10.2 Å². The van der Waals surface area contributed by atoms with Crippen LogP contribution in [0, 0.1) is 0 Å². The Labute approximate surface area is 66.2 Å². The van der Waals surface area contributed by atoms with Gasteiger partial charge in [-0.2, -0.15) is 8.78 Å². The highest BCUT2D eigenvalue weighted by molar-refractivity contribution is 7.11. The molecule has 0 unspecified atom stereocenters. The Morgan fingerprint density at radius 1 is 1.55 bits per heavy atom. The van der Waals surface area contributed by atoms with Crippen LogP contribution in [-0.2, 0) is 12.5 Å². The maximum Gasteiger partial charge on any atom is 0.298 e. The zero-order chi connectivity index (χ0) is 8.48. The van der Waals surface area contributed by atoms with Gasteiger partial charge in [-0.1, -0.05) is 11.3 Å². The molecule has 1 aromatic heterocycles. The standard InChI is InChI=1S/C5H7F2N3S/c1-5(6,7)4-10-9-3(2-8)11-4/h2,8H2,1H3. The average Bonchev–Trinajstić information content (AvgIpc) is 2.32. The van der Waals surface area contributed by atoms with Crippen molar-refractivity contribution < 1.29 is 8.78 Å². The molecule has 0 radical (unpaired) electrons. The molecule has 0 aliphatic carbocycles. The maximum absolute atomic E-state index is 12.5. The Morgan fingerprint density at radius 2 is 2.18 bits per heavy atom. The fourth-order valence-corrected chi connectivity index (χ4v) is 1.16. The lowest BCUT2D eigenvalue weighted by Crippen LogP contribution is -2.05. The van der Waals surface area contributed by atoms with Crippen LogP contribution >= 0.6 is 11.3 Å². The van der Waals surface area contributed by atoms with E-state index < -0.39 is 5.92 Å². The van der Waals surface area contributed by atoms with Crippen LogP contribution in [0.3, 0.4) is 0 Å². The smallest absolute Gasteiger partial charge is 0.298 e. The van der Waals surface area contributed by atoms with E-state index in [2.05, 4.69) is 10.2 Å². The molecule has 1 heterocycles. The number of hydrogen-bond donors (Lipinski definition) is 1. The number of hydrogen-bond acceptors (Lipinski definition) is 4. The first kappa shape index (κ1) is 8.48. The zero-order valence-corrected chi connectivity index (χ0v) is 6.66. The second-order valence-electron chi connectivity index (χ2n) is 2.09. The molecule has 0 bridgehead atoms. The Hall–Kier alpha value is -0.620. The molecule has 1 rings (SSSR count). The van der Waals surface area contributed by atoms with E-state index in [0.29, 0.717) is 5.01 Å². The van der Waals surface area contributed by atoms with Gasteiger partial charge in [0.2, 0.25) is 0 Å². The molecule has 0 saturated carbocycles. The number of halogens is 2. The van der Waals surface area contributed by atoms with Crippen LogP contribution in [0.5, 0.6) is 0 Å². The fraction of sp³-hybridized carbons (Fsp3) is 0.600. The summed E-state index contributed by atoms with van der Waals surface area (Å²) in [6, 6.07) is 0. The van der Waals surface area contributed by atoms with Crippen LogP contribution in [0.4, 0.5) is 8.78 Å². The lowest BCUT2D eigenvalue weighted by molar-refractivity contribution is 0.0165. The summed E-state index contributed by atoms with van der Waals surface area (Å²) in [6.07, 6.45) is 0. The Kier molecular flexibility index (Phi) is 2.15. The minimum absolute atomic E-state index is 0.160. The van der Waals surface area contributed by atoms with Gasteiger partial charge in [0.15, 0.2) is 5.01 Å². The van der Waals surface area contributed by atoms with E-state index in [1.54, 1.807) is 0 Å². The summed E-state index contributed by atoms with van der Waals surface area (Å²) >= 11 is 0.843. The number of rotatable bonds is 2. The second-order valence-corrected chi connectivity index (χ2v) is 3.16. The SMILES string of the molecule is CC(F)(F)c1nnc(CN)s1. The van der Waals surface area contributed by atoms with Crippen LogP contribution in [0.2, 0.25) is 0 Å². The molecule has 0 spiro atoms. The van der Waals surface area contributed by atoms with Gasteiger partial charge in [-0.25, -0.2) is 0 Å². The molecular weight excluding hydrogens is 172 g/mol. The highest BCUT2D eigenvalue weighted by Crippen LogP contribution is 2.28. The Morgan fingerprint density at radius 3 is 2.45 bits per heavy atom. The molecule has 0 aliphatic heterocycles. The zero-order valence-electron chi connectivity index (χ0n) is 5.84. The van der Waals surface area contributed by atoms with Crippen LogP contribution in [0.1, 0.15) is 16.9 Å². The van der Waals surface area contributed by atoms with Gasteiger partial charge in [0.25, 0.3) is 5.92 Å². The molecule has 6 heteroatoms. The van der Waals surface area contributed by atoms with Crippen molar-refractivity contribution in [2.24, 2.45) is 5.73 Å². The highest BCUT2D eigenvalue weighted by atomic mass is 32.1. The molecule has 1 aromatic rings. The van der Waals surface area contributed by atoms with Gasteiger partial charge < -0.3 is 5.73 Å². The fourth-order valence-electron chi connectivity index (χ4n) is 0.513. The summed E-state index contributed by atoms with van der Waals surface area (Å²) in [5.41, 5.74) is 5.17. The van der Waals surface area contributed by atoms with E-state index in [4.69, 9.17) is 5.73 Å². The predicted octanol–water partition coefficient (Wildman–Crippen LogP) is 1.11. The van der Waals surface area contributed by atoms with Crippen LogP contribution in [0.25, 0.3) is 0 Å². The molecule has 0 aromatic carbocycles. The summed E-state index contributed by atoms with van der Waals surface area (Å²) < 4.78 is 24.9. The quantitative estimate of drug-likeness (QED) is 0.739. The molecule has 0 saturated heterocycles. The molecule has 3 nitrogen and oxygen atoms in total. The number of nitrogens with zero attached hydrogens (tertiary/aromatic N) is 2. The van der Waals surface area contributed by atoms with Gasteiger partial charge in [-0.15, -0.1) is 10.2 Å². The Bertz CT molecular complexity index is 242. The average molecular weight is 179 g/mol. The first-order valence-electron chi connectivity index (χ1n) is 2.95. The third kappa shape index (κ3) is 1.90. The Balaban J connectivity index is 2.89. The monoisotopic (exact) mass is 179 g/mol. The van der Waals surface area contributed by atoms with Crippen molar-refractivity contribution in [2.45, 2.75) is 19.4 Å². The topological polar surface area (TPSA) is 51.8 Å². The van der Waals surface area contributed by atoms with E-state index in [-0.39, 0.29) is 11.6 Å². The van der Waals surface area contributed by atoms with Gasteiger partial charge in [-0.3, -0.25) is 0 Å². The van der Waals surface area contributed by atoms with E-state index in [1.165, 1.54) is 0 Å². The molecule has 0 amide bonds. The second kappa shape index (κ2) is 2.78. The van der Waals surface area contributed by atoms with Crippen molar-refractivity contribution in [3.05, 3.63) is 10.0 Å². The molecule has 2 N–H and O–H groups in total. The van der Waals surface area contributed by atoms with E-state index in [1.807, 2.05) is 0 Å². The van der Waals surface area contributed by atoms with Crippen molar-refractivity contribution >= 4 is 11.3 Å². The van der Waals surface area contributed by atoms with Crippen LogP contribution < -0.4 is 5.73 Å². The first-order valence-corrected chi connectivity index (χ1v) is 3.76.